The van der Waals surface area contributed by atoms with Gasteiger partial charge < -0.3 is 9.73 Å². The summed E-state index contributed by atoms with van der Waals surface area (Å²) in [5, 5.41) is 14.1. The number of nitro benzene ring substituents is 1. The number of oxazole rings is 1. The molecule has 0 bridgehead atoms. The molecule has 1 heterocycles. The molecule has 6 nitrogen and oxygen atoms in total. The van der Waals surface area contributed by atoms with Crippen LogP contribution in [-0.4, -0.2) is 15.9 Å². The Bertz CT molecular complexity index is 609. The van der Waals surface area contributed by atoms with Crippen molar-refractivity contribution in [3.8, 4) is 0 Å². The second-order valence-corrected chi connectivity index (χ2v) is 5.20. The van der Waals surface area contributed by atoms with Crippen molar-refractivity contribution in [1.29, 1.82) is 0 Å². The Labute approximate surface area is 123 Å². The van der Waals surface area contributed by atoms with Crippen molar-refractivity contribution in [2.45, 2.75) is 52.0 Å². The number of fused-ring (bicyclic) bond motifs is 1. The Morgan fingerprint density at radius 3 is 2.81 bits per heavy atom. The summed E-state index contributed by atoms with van der Waals surface area (Å²) in [6.07, 6.45) is 5.53. The standard InChI is InChI=1S/C15H21N3O3/c1-3-5-7-11(6-4-2)16-15-17-13-10-12(18(19)20)8-9-14(13)21-15/h8-11H,3-7H2,1-2H3,(H,16,17). The molecule has 6 heteroatoms. The first-order valence-corrected chi connectivity index (χ1v) is 7.45. The number of anilines is 1. The maximum Gasteiger partial charge on any atom is 0.295 e. The van der Waals surface area contributed by atoms with Gasteiger partial charge >= 0.3 is 0 Å². The Kier molecular flexibility index (Phi) is 5.14. The molecule has 1 N–H and O–H groups in total. The monoisotopic (exact) mass is 291 g/mol. The molecule has 0 saturated carbocycles. The minimum absolute atomic E-state index is 0.0263. The van der Waals surface area contributed by atoms with Gasteiger partial charge in [-0.1, -0.05) is 33.1 Å². The van der Waals surface area contributed by atoms with E-state index in [-0.39, 0.29) is 5.69 Å². The van der Waals surface area contributed by atoms with Crippen LogP contribution in [0.5, 0.6) is 0 Å². The smallest absolute Gasteiger partial charge is 0.295 e. The van der Waals surface area contributed by atoms with Gasteiger partial charge in [0.1, 0.15) is 5.52 Å². The minimum Gasteiger partial charge on any atom is -0.424 e. The molecule has 0 aliphatic heterocycles. The first-order valence-electron chi connectivity index (χ1n) is 7.45. The molecule has 0 radical (unpaired) electrons. The topological polar surface area (TPSA) is 81.2 Å². The fraction of sp³-hybridized carbons (Fsp3) is 0.533. The first kappa shape index (κ1) is 15.3. The highest BCUT2D eigenvalue weighted by atomic mass is 16.6. The molecule has 0 aliphatic carbocycles. The zero-order chi connectivity index (χ0) is 15.2. The van der Waals surface area contributed by atoms with Gasteiger partial charge in [-0.05, 0) is 18.9 Å². The third-order valence-electron chi connectivity index (χ3n) is 3.45. The summed E-state index contributed by atoms with van der Waals surface area (Å²) in [6.45, 7) is 4.32. The SMILES string of the molecule is CCCCC(CCC)Nc1nc2cc([N+](=O)[O-])ccc2o1. The van der Waals surface area contributed by atoms with Gasteiger partial charge in [0, 0.05) is 18.2 Å². The van der Waals surface area contributed by atoms with Gasteiger partial charge in [0.15, 0.2) is 5.58 Å². The van der Waals surface area contributed by atoms with Crippen LogP contribution in [0.25, 0.3) is 11.1 Å². The van der Waals surface area contributed by atoms with Crippen LogP contribution in [0.3, 0.4) is 0 Å². The fourth-order valence-electron chi connectivity index (χ4n) is 2.35. The molecule has 1 aromatic heterocycles. The van der Waals surface area contributed by atoms with Crippen LogP contribution in [-0.2, 0) is 0 Å². The molecule has 2 rings (SSSR count). The van der Waals surface area contributed by atoms with E-state index in [0.717, 1.165) is 32.1 Å². The van der Waals surface area contributed by atoms with E-state index >= 15 is 0 Å². The van der Waals surface area contributed by atoms with Crippen molar-refractivity contribution >= 4 is 22.8 Å². The van der Waals surface area contributed by atoms with Crippen molar-refractivity contribution in [1.82, 2.24) is 4.98 Å². The molecular weight excluding hydrogens is 270 g/mol. The lowest BCUT2D eigenvalue weighted by molar-refractivity contribution is -0.384. The minimum atomic E-state index is -0.428. The number of rotatable bonds is 8. The average molecular weight is 291 g/mol. The van der Waals surface area contributed by atoms with Crippen molar-refractivity contribution in [2.24, 2.45) is 0 Å². The van der Waals surface area contributed by atoms with Crippen LogP contribution in [0.1, 0.15) is 46.0 Å². The Balaban J connectivity index is 2.15. The number of hydrogen-bond donors (Lipinski definition) is 1. The van der Waals surface area contributed by atoms with E-state index in [1.54, 1.807) is 6.07 Å². The van der Waals surface area contributed by atoms with Crippen LogP contribution in [0.4, 0.5) is 11.7 Å². The van der Waals surface area contributed by atoms with Crippen LogP contribution in [0.15, 0.2) is 22.6 Å². The van der Waals surface area contributed by atoms with Gasteiger partial charge in [0.2, 0.25) is 0 Å². The number of unbranched alkanes of at least 4 members (excludes halogenated alkanes) is 1. The summed E-state index contributed by atoms with van der Waals surface area (Å²) in [5.74, 6) is 0. The van der Waals surface area contributed by atoms with Gasteiger partial charge in [-0.15, -0.1) is 0 Å². The predicted molar refractivity (Wildman–Crippen MR) is 82.5 cm³/mol. The number of non-ortho nitro benzene ring substituents is 1. The Morgan fingerprint density at radius 2 is 2.14 bits per heavy atom. The molecule has 1 aromatic carbocycles. The molecule has 0 spiro atoms. The molecule has 21 heavy (non-hydrogen) atoms. The first-order chi connectivity index (χ1) is 10.1. The van der Waals surface area contributed by atoms with E-state index in [1.165, 1.54) is 12.1 Å². The van der Waals surface area contributed by atoms with Gasteiger partial charge in [-0.3, -0.25) is 10.1 Å². The number of nitrogens with one attached hydrogen (secondary N) is 1. The van der Waals surface area contributed by atoms with E-state index < -0.39 is 4.92 Å². The van der Waals surface area contributed by atoms with E-state index in [4.69, 9.17) is 4.42 Å². The Morgan fingerprint density at radius 1 is 1.33 bits per heavy atom. The second-order valence-electron chi connectivity index (χ2n) is 5.20. The molecule has 2 aromatic rings. The number of nitro groups is 1. The fourth-order valence-corrected chi connectivity index (χ4v) is 2.35. The normalized spacial score (nSPS) is 12.5. The van der Waals surface area contributed by atoms with Crippen LogP contribution in [0.2, 0.25) is 0 Å². The maximum absolute atomic E-state index is 10.8. The molecule has 0 fully saturated rings. The van der Waals surface area contributed by atoms with E-state index in [0.29, 0.717) is 23.2 Å². The van der Waals surface area contributed by atoms with Gasteiger partial charge in [0.25, 0.3) is 11.7 Å². The van der Waals surface area contributed by atoms with Gasteiger partial charge in [-0.2, -0.15) is 4.98 Å². The zero-order valence-electron chi connectivity index (χ0n) is 12.5. The van der Waals surface area contributed by atoms with E-state index in [9.17, 15) is 10.1 Å². The molecule has 1 unspecified atom stereocenters. The predicted octanol–water partition coefficient (Wildman–Crippen LogP) is 4.51. The van der Waals surface area contributed by atoms with Crippen molar-refractivity contribution in [3.05, 3.63) is 28.3 Å². The molecule has 1 atom stereocenters. The van der Waals surface area contributed by atoms with Crippen LogP contribution < -0.4 is 5.32 Å². The largest absolute Gasteiger partial charge is 0.424 e. The third kappa shape index (κ3) is 3.93. The highest BCUT2D eigenvalue weighted by Gasteiger charge is 2.14. The molecule has 0 saturated heterocycles. The Hall–Kier alpha value is -2.11. The number of aromatic nitrogens is 1. The van der Waals surface area contributed by atoms with Crippen molar-refractivity contribution in [3.63, 3.8) is 0 Å². The maximum atomic E-state index is 10.8. The summed E-state index contributed by atoms with van der Waals surface area (Å²) >= 11 is 0. The van der Waals surface area contributed by atoms with Crippen molar-refractivity contribution < 1.29 is 9.34 Å². The number of nitrogens with zero attached hydrogens (tertiary/aromatic N) is 2. The second kappa shape index (κ2) is 7.06. The van der Waals surface area contributed by atoms with Crippen LogP contribution >= 0.6 is 0 Å². The van der Waals surface area contributed by atoms with E-state index in [1.807, 2.05) is 0 Å². The number of benzene rings is 1. The molecule has 0 amide bonds. The zero-order valence-corrected chi connectivity index (χ0v) is 12.5. The lowest BCUT2D eigenvalue weighted by Gasteiger charge is -2.15. The van der Waals surface area contributed by atoms with Gasteiger partial charge in [0.05, 0.1) is 4.92 Å². The summed E-state index contributed by atoms with van der Waals surface area (Å²) < 4.78 is 5.61. The molecular formula is C15H21N3O3. The van der Waals surface area contributed by atoms with Crippen molar-refractivity contribution in [2.75, 3.05) is 5.32 Å². The average Bonchev–Trinajstić information content (AvgIpc) is 2.86. The molecule has 0 aliphatic rings. The molecule has 114 valence electrons. The summed E-state index contributed by atoms with van der Waals surface area (Å²) in [4.78, 5) is 14.6. The highest BCUT2D eigenvalue weighted by Crippen LogP contribution is 2.24. The van der Waals surface area contributed by atoms with Crippen LogP contribution in [0, 0.1) is 10.1 Å². The lowest BCUT2D eigenvalue weighted by atomic mass is 10.1. The van der Waals surface area contributed by atoms with Gasteiger partial charge in [-0.25, -0.2) is 0 Å². The highest BCUT2D eigenvalue weighted by molar-refractivity contribution is 5.77. The number of hydrogen-bond acceptors (Lipinski definition) is 5. The lowest BCUT2D eigenvalue weighted by Crippen LogP contribution is -2.19. The van der Waals surface area contributed by atoms with E-state index in [2.05, 4.69) is 24.1 Å². The summed E-state index contributed by atoms with van der Waals surface area (Å²) in [7, 11) is 0. The quantitative estimate of drug-likeness (QED) is 0.571. The summed E-state index contributed by atoms with van der Waals surface area (Å²) in [5.41, 5.74) is 1.10. The third-order valence-corrected chi connectivity index (χ3v) is 3.45. The summed E-state index contributed by atoms with van der Waals surface area (Å²) in [6, 6.07) is 5.23.